The van der Waals surface area contributed by atoms with Crippen molar-refractivity contribution in [3.63, 3.8) is 0 Å². The van der Waals surface area contributed by atoms with Gasteiger partial charge in [-0.25, -0.2) is 0 Å². The van der Waals surface area contributed by atoms with Crippen molar-refractivity contribution >= 4 is 29.1 Å². The molecule has 4 nitrogen and oxygen atoms in total. The van der Waals surface area contributed by atoms with Gasteiger partial charge in [0, 0.05) is 50.7 Å². The lowest BCUT2D eigenvalue weighted by molar-refractivity contribution is 0.216. The molecule has 1 aromatic rings. The van der Waals surface area contributed by atoms with E-state index in [0.29, 0.717) is 0 Å². The van der Waals surface area contributed by atoms with Gasteiger partial charge in [-0.3, -0.25) is 4.90 Å². The van der Waals surface area contributed by atoms with E-state index in [1.54, 1.807) is 0 Å². The summed E-state index contributed by atoms with van der Waals surface area (Å²) in [5, 5.41) is 11.9. The molecule has 1 aromatic carbocycles. The van der Waals surface area contributed by atoms with Crippen LogP contribution in [0.25, 0.3) is 0 Å². The van der Waals surface area contributed by atoms with Crippen LogP contribution in [0.4, 0.5) is 11.4 Å². The molecule has 0 saturated carbocycles. The number of aliphatic hydroxyl groups is 1. The predicted molar refractivity (Wildman–Crippen MR) is 84.1 cm³/mol. The number of rotatable bonds is 6. The minimum atomic E-state index is 0.286. The first-order valence-electron chi connectivity index (χ1n) is 6.72. The second-order valence-corrected chi connectivity index (χ2v) is 4.95. The molecule has 0 aromatic heterocycles. The van der Waals surface area contributed by atoms with Crippen LogP contribution in [0.3, 0.4) is 0 Å². The second kappa shape index (κ2) is 7.43. The van der Waals surface area contributed by atoms with Crippen molar-refractivity contribution in [1.82, 2.24) is 4.90 Å². The topological polar surface area (TPSA) is 38.7 Å². The maximum atomic E-state index is 8.84. The van der Waals surface area contributed by atoms with Gasteiger partial charge in [0.05, 0.1) is 5.49 Å². The van der Waals surface area contributed by atoms with Gasteiger partial charge in [-0.2, -0.15) is 0 Å². The molecule has 1 aliphatic rings. The predicted octanol–water partition coefficient (Wildman–Crippen LogP) is 1.56. The fraction of sp³-hybridized carbons (Fsp3) is 0.500. The average Bonchev–Trinajstić information content (AvgIpc) is 2.47. The van der Waals surface area contributed by atoms with Gasteiger partial charge in [0.15, 0.2) is 0 Å². The molecule has 0 spiro atoms. The first-order chi connectivity index (χ1) is 9.33. The highest BCUT2D eigenvalue weighted by Gasteiger charge is 2.16. The Balaban J connectivity index is 1.85. The van der Waals surface area contributed by atoms with Crippen molar-refractivity contribution in [2.45, 2.75) is 6.42 Å². The maximum absolute atomic E-state index is 8.84. The summed E-state index contributed by atoms with van der Waals surface area (Å²) in [4.78, 5) is 4.81. The molecule has 0 atom stereocenters. The molecular weight excluding hydrogens is 258 g/mol. The van der Waals surface area contributed by atoms with Crippen molar-refractivity contribution < 1.29 is 5.11 Å². The largest absolute Gasteiger partial charge is 0.396 e. The summed E-state index contributed by atoms with van der Waals surface area (Å²) in [6.07, 6.45) is 0.873. The van der Waals surface area contributed by atoms with Gasteiger partial charge in [-0.05, 0) is 30.7 Å². The monoisotopic (exact) mass is 279 g/mol. The lowest BCUT2D eigenvalue weighted by Gasteiger charge is -2.36. The molecule has 1 fully saturated rings. The Morgan fingerprint density at radius 2 is 1.84 bits per heavy atom. The summed E-state index contributed by atoms with van der Waals surface area (Å²) in [6.45, 7) is 5.52. The standard InChI is InChI=1S/C14H21N3OS/c18-11-1-6-16-7-9-17(10-8-16)14-4-2-13(3-5-14)15-12-19/h2-5,12,18H,1,6-11H2,(H,15,19). The smallest absolute Gasteiger partial charge is 0.0658 e. The third kappa shape index (κ3) is 4.16. The van der Waals surface area contributed by atoms with Gasteiger partial charge in [-0.1, -0.05) is 12.2 Å². The minimum absolute atomic E-state index is 0.286. The number of piperazine rings is 1. The lowest BCUT2D eigenvalue weighted by atomic mass is 10.2. The molecule has 2 N–H and O–H groups in total. The van der Waals surface area contributed by atoms with Crippen molar-refractivity contribution in [1.29, 1.82) is 0 Å². The highest BCUT2D eigenvalue weighted by Crippen LogP contribution is 2.19. The van der Waals surface area contributed by atoms with E-state index in [-0.39, 0.29) is 6.61 Å². The number of nitrogens with one attached hydrogen (secondary N) is 1. The number of benzene rings is 1. The molecule has 0 unspecified atom stereocenters. The van der Waals surface area contributed by atoms with E-state index in [0.717, 1.165) is 44.8 Å². The minimum Gasteiger partial charge on any atom is -0.396 e. The van der Waals surface area contributed by atoms with Crippen LogP contribution in [0.2, 0.25) is 0 Å². The first-order valence-corrected chi connectivity index (χ1v) is 7.19. The van der Waals surface area contributed by atoms with Crippen LogP contribution in [0.15, 0.2) is 24.3 Å². The van der Waals surface area contributed by atoms with Crippen LogP contribution < -0.4 is 10.2 Å². The number of hydrogen-bond acceptors (Lipinski definition) is 4. The highest BCUT2D eigenvalue weighted by molar-refractivity contribution is 7.79. The van der Waals surface area contributed by atoms with E-state index < -0.39 is 0 Å². The molecule has 1 aliphatic heterocycles. The molecule has 2 rings (SSSR count). The van der Waals surface area contributed by atoms with Gasteiger partial charge in [0.1, 0.15) is 0 Å². The van der Waals surface area contributed by atoms with Crippen molar-refractivity contribution in [3.05, 3.63) is 24.3 Å². The normalized spacial score (nSPS) is 16.4. The Morgan fingerprint density at radius 3 is 2.42 bits per heavy atom. The first kappa shape index (κ1) is 14.2. The zero-order valence-corrected chi connectivity index (χ0v) is 11.9. The highest BCUT2D eigenvalue weighted by atomic mass is 32.1. The average molecular weight is 279 g/mol. The number of nitrogens with zero attached hydrogens (tertiary/aromatic N) is 2. The quantitative estimate of drug-likeness (QED) is 0.773. The summed E-state index contributed by atoms with van der Waals surface area (Å²) in [7, 11) is 0. The molecule has 104 valence electrons. The molecule has 0 bridgehead atoms. The van der Waals surface area contributed by atoms with Crippen LogP contribution in [-0.2, 0) is 0 Å². The zero-order valence-electron chi connectivity index (χ0n) is 11.1. The molecular formula is C14H21N3OS. The third-order valence-electron chi connectivity index (χ3n) is 3.46. The maximum Gasteiger partial charge on any atom is 0.0658 e. The molecule has 0 aliphatic carbocycles. The molecule has 19 heavy (non-hydrogen) atoms. The van der Waals surface area contributed by atoms with Gasteiger partial charge in [-0.15, -0.1) is 0 Å². The van der Waals surface area contributed by atoms with Crippen molar-refractivity contribution in [3.8, 4) is 0 Å². The fourth-order valence-electron chi connectivity index (χ4n) is 2.36. The van der Waals surface area contributed by atoms with E-state index in [2.05, 4.69) is 39.4 Å². The number of anilines is 2. The Morgan fingerprint density at radius 1 is 1.16 bits per heavy atom. The Bertz CT molecular complexity index is 388. The van der Waals surface area contributed by atoms with Crippen LogP contribution >= 0.6 is 12.2 Å². The van der Waals surface area contributed by atoms with Crippen LogP contribution in [-0.4, -0.2) is 54.8 Å². The van der Waals surface area contributed by atoms with Crippen LogP contribution in [0.5, 0.6) is 0 Å². The molecule has 1 heterocycles. The van der Waals surface area contributed by atoms with Crippen molar-refractivity contribution in [2.24, 2.45) is 0 Å². The van der Waals surface area contributed by atoms with E-state index in [1.165, 1.54) is 11.2 Å². The summed E-state index contributed by atoms with van der Waals surface area (Å²) in [5.41, 5.74) is 3.81. The van der Waals surface area contributed by atoms with E-state index in [4.69, 9.17) is 17.3 Å². The zero-order chi connectivity index (χ0) is 13.5. The third-order valence-corrected chi connectivity index (χ3v) is 3.58. The number of aliphatic hydroxyl groups excluding tert-OH is 1. The van der Waals surface area contributed by atoms with Crippen LogP contribution in [0, 0.1) is 0 Å². The summed E-state index contributed by atoms with van der Waals surface area (Å²) in [5.74, 6) is 0. The van der Waals surface area contributed by atoms with Gasteiger partial charge in [0.25, 0.3) is 0 Å². The van der Waals surface area contributed by atoms with E-state index in [9.17, 15) is 0 Å². The Kier molecular flexibility index (Phi) is 5.57. The fourth-order valence-corrected chi connectivity index (χ4v) is 2.50. The SMILES string of the molecule is OCCCN1CCN(c2ccc(NC=S)cc2)CC1. The summed E-state index contributed by atoms with van der Waals surface area (Å²) < 4.78 is 0. The number of hydrogen-bond donors (Lipinski definition) is 2. The van der Waals surface area contributed by atoms with Gasteiger partial charge >= 0.3 is 0 Å². The summed E-state index contributed by atoms with van der Waals surface area (Å²) in [6, 6.07) is 8.36. The molecule has 5 heteroatoms. The second-order valence-electron chi connectivity index (χ2n) is 4.71. The lowest BCUT2D eigenvalue weighted by Crippen LogP contribution is -2.46. The Hall–Kier alpha value is -1.17. The van der Waals surface area contributed by atoms with Crippen molar-refractivity contribution in [2.75, 3.05) is 49.5 Å². The van der Waals surface area contributed by atoms with Gasteiger partial charge in [0.2, 0.25) is 0 Å². The van der Waals surface area contributed by atoms with E-state index in [1.807, 2.05) is 0 Å². The Labute approximate surface area is 120 Å². The number of thiocarbonyl (C=S) groups is 1. The van der Waals surface area contributed by atoms with E-state index >= 15 is 0 Å². The van der Waals surface area contributed by atoms with Gasteiger partial charge < -0.3 is 15.3 Å². The molecule has 1 saturated heterocycles. The van der Waals surface area contributed by atoms with Crippen LogP contribution in [0.1, 0.15) is 6.42 Å². The summed E-state index contributed by atoms with van der Waals surface area (Å²) >= 11 is 4.77. The molecule has 0 amide bonds. The molecule has 0 radical (unpaired) electrons.